The molecule has 0 bridgehead atoms. The van der Waals surface area contributed by atoms with Gasteiger partial charge >= 0.3 is 5.97 Å². The number of halogens is 1. The summed E-state index contributed by atoms with van der Waals surface area (Å²) in [6, 6.07) is 10.1. The number of aromatic nitrogens is 1. The number of benzene rings is 1. The van der Waals surface area contributed by atoms with Crippen LogP contribution in [-0.2, 0) is 6.42 Å². The largest absolute Gasteiger partial charge is 0.478 e. The molecule has 0 spiro atoms. The average molecular weight is 349 g/mol. The topological polar surface area (TPSA) is 79.3 Å². The number of hydrogen-bond donors (Lipinski definition) is 2. The molecule has 0 aliphatic rings. The summed E-state index contributed by atoms with van der Waals surface area (Å²) in [4.78, 5) is 27.0. The molecule has 108 valence electrons. The van der Waals surface area contributed by atoms with E-state index in [9.17, 15) is 9.59 Å². The molecule has 2 aromatic rings. The van der Waals surface area contributed by atoms with Gasteiger partial charge in [0.2, 0.25) is 0 Å². The highest BCUT2D eigenvalue weighted by Gasteiger charge is 2.11. The number of nitrogens with one attached hydrogen (secondary N) is 1. The summed E-state index contributed by atoms with van der Waals surface area (Å²) in [5.74, 6) is -1.21. The van der Waals surface area contributed by atoms with Crippen LogP contribution in [0, 0.1) is 0 Å². The van der Waals surface area contributed by atoms with Gasteiger partial charge in [0.05, 0.1) is 11.1 Å². The standard InChI is InChI=1S/C15H13BrN2O3/c16-13-12(6-3-8-17-13)14(19)18-9-7-10-4-1-2-5-11(10)15(20)21/h1-6,8H,7,9H2,(H,18,19)(H,20,21). The molecule has 0 saturated heterocycles. The molecule has 1 amide bonds. The van der Waals surface area contributed by atoms with E-state index in [0.717, 1.165) is 0 Å². The van der Waals surface area contributed by atoms with Crippen molar-refractivity contribution >= 4 is 27.8 Å². The highest BCUT2D eigenvalue weighted by molar-refractivity contribution is 9.10. The molecule has 0 aliphatic heterocycles. The molecule has 0 radical (unpaired) electrons. The first-order valence-corrected chi connectivity index (χ1v) is 7.09. The first kappa shape index (κ1) is 15.2. The van der Waals surface area contributed by atoms with Crippen LogP contribution >= 0.6 is 15.9 Å². The van der Waals surface area contributed by atoms with Gasteiger partial charge in [-0.1, -0.05) is 18.2 Å². The fourth-order valence-electron chi connectivity index (χ4n) is 1.91. The molecular weight excluding hydrogens is 336 g/mol. The molecule has 2 N–H and O–H groups in total. The average Bonchev–Trinajstić information content (AvgIpc) is 2.48. The Morgan fingerprint density at radius 2 is 1.86 bits per heavy atom. The normalized spacial score (nSPS) is 10.1. The Hall–Kier alpha value is -2.21. The van der Waals surface area contributed by atoms with Crippen LogP contribution in [0.25, 0.3) is 0 Å². The summed E-state index contributed by atoms with van der Waals surface area (Å²) in [5.41, 5.74) is 1.40. The van der Waals surface area contributed by atoms with Crippen molar-refractivity contribution in [3.05, 3.63) is 63.9 Å². The smallest absolute Gasteiger partial charge is 0.335 e. The number of carboxylic acid groups (broad SMARTS) is 1. The molecule has 1 aromatic heterocycles. The third-order valence-corrected chi connectivity index (χ3v) is 3.56. The van der Waals surface area contributed by atoms with Crippen molar-refractivity contribution in [1.82, 2.24) is 10.3 Å². The van der Waals surface area contributed by atoms with Crippen LogP contribution in [0.5, 0.6) is 0 Å². The Balaban J connectivity index is 1.98. The lowest BCUT2D eigenvalue weighted by Crippen LogP contribution is -2.26. The minimum absolute atomic E-state index is 0.247. The van der Waals surface area contributed by atoms with Crippen molar-refractivity contribution in [1.29, 1.82) is 0 Å². The van der Waals surface area contributed by atoms with E-state index in [0.29, 0.717) is 28.7 Å². The lowest BCUT2D eigenvalue weighted by atomic mass is 10.0. The molecule has 5 nitrogen and oxygen atoms in total. The Morgan fingerprint density at radius 1 is 1.14 bits per heavy atom. The van der Waals surface area contributed by atoms with Crippen LogP contribution in [0.2, 0.25) is 0 Å². The van der Waals surface area contributed by atoms with Gasteiger partial charge in [0.15, 0.2) is 0 Å². The van der Waals surface area contributed by atoms with E-state index < -0.39 is 5.97 Å². The summed E-state index contributed by atoms with van der Waals surface area (Å²) in [6.45, 7) is 0.352. The van der Waals surface area contributed by atoms with Gasteiger partial charge in [-0.2, -0.15) is 0 Å². The molecule has 2 rings (SSSR count). The zero-order chi connectivity index (χ0) is 15.2. The van der Waals surface area contributed by atoms with Gasteiger partial charge < -0.3 is 10.4 Å². The number of carbonyl (C=O) groups excluding carboxylic acids is 1. The van der Waals surface area contributed by atoms with Crippen LogP contribution in [0.3, 0.4) is 0 Å². The second-order valence-electron chi connectivity index (χ2n) is 4.31. The monoisotopic (exact) mass is 348 g/mol. The predicted molar refractivity (Wildman–Crippen MR) is 81.4 cm³/mol. The van der Waals surface area contributed by atoms with Crippen LogP contribution in [0.1, 0.15) is 26.3 Å². The lowest BCUT2D eigenvalue weighted by molar-refractivity contribution is 0.0695. The van der Waals surface area contributed by atoms with Crippen molar-refractivity contribution in [2.45, 2.75) is 6.42 Å². The fourth-order valence-corrected chi connectivity index (χ4v) is 2.34. The summed E-state index contributed by atoms with van der Waals surface area (Å²) in [5, 5.41) is 11.8. The van der Waals surface area contributed by atoms with E-state index >= 15 is 0 Å². The Bertz CT molecular complexity index is 673. The molecule has 0 saturated carbocycles. The minimum Gasteiger partial charge on any atom is -0.478 e. The van der Waals surface area contributed by atoms with Crippen molar-refractivity contribution in [3.8, 4) is 0 Å². The molecule has 1 aromatic carbocycles. The van der Waals surface area contributed by atoms with E-state index in [1.807, 2.05) is 0 Å². The van der Waals surface area contributed by atoms with Gasteiger partial charge in [0.25, 0.3) is 5.91 Å². The quantitative estimate of drug-likeness (QED) is 0.813. The van der Waals surface area contributed by atoms with Gasteiger partial charge in [-0.05, 0) is 46.1 Å². The Labute approximate surface area is 130 Å². The highest BCUT2D eigenvalue weighted by atomic mass is 79.9. The maximum absolute atomic E-state index is 12.0. The molecule has 0 unspecified atom stereocenters. The first-order valence-electron chi connectivity index (χ1n) is 6.29. The maximum Gasteiger partial charge on any atom is 0.335 e. The zero-order valence-corrected chi connectivity index (χ0v) is 12.6. The van der Waals surface area contributed by atoms with Gasteiger partial charge in [0.1, 0.15) is 4.60 Å². The third-order valence-electron chi connectivity index (χ3n) is 2.93. The van der Waals surface area contributed by atoms with Gasteiger partial charge in [-0.15, -0.1) is 0 Å². The van der Waals surface area contributed by atoms with Crippen molar-refractivity contribution < 1.29 is 14.7 Å². The number of hydrogen-bond acceptors (Lipinski definition) is 3. The molecule has 0 aliphatic carbocycles. The van der Waals surface area contributed by atoms with Crippen LogP contribution in [-0.4, -0.2) is 28.5 Å². The second-order valence-corrected chi connectivity index (χ2v) is 5.06. The van der Waals surface area contributed by atoms with E-state index in [1.165, 1.54) is 0 Å². The van der Waals surface area contributed by atoms with E-state index in [-0.39, 0.29) is 11.5 Å². The van der Waals surface area contributed by atoms with Crippen molar-refractivity contribution in [2.75, 3.05) is 6.54 Å². The Morgan fingerprint density at radius 3 is 2.57 bits per heavy atom. The van der Waals surface area contributed by atoms with E-state index in [1.54, 1.807) is 42.6 Å². The number of aromatic carboxylic acids is 1. The number of nitrogens with zero attached hydrogens (tertiary/aromatic N) is 1. The predicted octanol–water partition coefficient (Wildman–Crippen LogP) is 2.51. The van der Waals surface area contributed by atoms with Crippen molar-refractivity contribution in [2.24, 2.45) is 0 Å². The maximum atomic E-state index is 12.0. The summed E-state index contributed by atoms with van der Waals surface area (Å²) >= 11 is 3.21. The fraction of sp³-hybridized carbons (Fsp3) is 0.133. The van der Waals surface area contributed by atoms with Gasteiger partial charge in [-0.25, -0.2) is 9.78 Å². The third kappa shape index (κ3) is 3.88. The van der Waals surface area contributed by atoms with Crippen molar-refractivity contribution in [3.63, 3.8) is 0 Å². The number of rotatable bonds is 5. The Kier molecular flexibility index (Phi) is 5.05. The lowest BCUT2D eigenvalue weighted by Gasteiger charge is -2.08. The molecule has 0 atom stereocenters. The molecule has 0 fully saturated rings. The first-order chi connectivity index (χ1) is 10.1. The summed E-state index contributed by atoms with van der Waals surface area (Å²) < 4.78 is 0.480. The molecule has 21 heavy (non-hydrogen) atoms. The molecule has 1 heterocycles. The SMILES string of the molecule is O=C(O)c1ccccc1CCNC(=O)c1cccnc1Br. The number of pyridine rings is 1. The van der Waals surface area contributed by atoms with E-state index in [4.69, 9.17) is 5.11 Å². The van der Waals surface area contributed by atoms with Crippen LogP contribution in [0.15, 0.2) is 47.2 Å². The number of amides is 1. The van der Waals surface area contributed by atoms with Gasteiger partial charge in [-0.3, -0.25) is 4.79 Å². The van der Waals surface area contributed by atoms with Gasteiger partial charge in [0, 0.05) is 12.7 Å². The molecule has 6 heteroatoms. The molecular formula is C15H13BrN2O3. The zero-order valence-electron chi connectivity index (χ0n) is 11.0. The number of carbonyl (C=O) groups is 2. The minimum atomic E-state index is -0.966. The summed E-state index contributed by atoms with van der Waals surface area (Å²) in [6.07, 6.45) is 2.04. The summed E-state index contributed by atoms with van der Waals surface area (Å²) in [7, 11) is 0. The van der Waals surface area contributed by atoms with Crippen LogP contribution < -0.4 is 5.32 Å². The number of carboxylic acids is 1. The van der Waals surface area contributed by atoms with E-state index in [2.05, 4.69) is 26.2 Å². The van der Waals surface area contributed by atoms with Crippen LogP contribution in [0.4, 0.5) is 0 Å². The second kappa shape index (κ2) is 6.99. The highest BCUT2D eigenvalue weighted by Crippen LogP contribution is 2.12.